The molecule has 0 heterocycles. The number of hydrogen-bond acceptors (Lipinski definition) is 1. The molecule has 0 radical (unpaired) electrons. The van der Waals surface area contributed by atoms with Gasteiger partial charge in [-0.1, -0.05) is 51.4 Å². The fourth-order valence-electron chi connectivity index (χ4n) is 2.19. The maximum absolute atomic E-state index is 6.02. The average Bonchev–Trinajstić information content (AvgIpc) is 2.15. The highest BCUT2D eigenvalue weighted by molar-refractivity contribution is 6.30. The Balaban J connectivity index is 2.66. The molecule has 0 aliphatic heterocycles. The Morgan fingerprint density at radius 2 is 2.00 bits per heavy atom. The predicted octanol–water partition coefficient (Wildman–Crippen LogP) is 4.30. The summed E-state index contributed by atoms with van der Waals surface area (Å²) < 4.78 is 0. The van der Waals surface area contributed by atoms with Crippen LogP contribution in [0.2, 0.25) is 5.02 Å². The molecule has 17 heavy (non-hydrogen) atoms. The highest BCUT2D eigenvalue weighted by atomic mass is 35.5. The van der Waals surface area contributed by atoms with Crippen LogP contribution in [0.3, 0.4) is 0 Å². The monoisotopic (exact) mass is 253 g/mol. The van der Waals surface area contributed by atoms with Crippen LogP contribution in [-0.2, 0) is 6.42 Å². The summed E-state index contributed by atoms with van der Waals surface area (Å²) in [5, 5.41) is 4.39. The fraction of sp³-hybridized carbons (Fsp3) is 0.600. The van der Waals surface area contributed by atoms with E-state index in [2.05, 4.69) is 45.1 Å². The molecule has 0 saturated heterocycles. The Hall–Kier alpha value is -0.530. The number of halogens is 1. The largest absolute Gasteiger partial charge is 0.314 e. The Morgan fingerprint density at radius 3 is 2.53 bits per heavy atom. The first-order valence-corrected chi connectivity index (χ1v) is 6.76. The van der Waals surface area contributed by atoms with Gasteiger partial charge in [0, 0.05) is 11.1 Å². The van der Waals surface area contributed by atoms with Gasteiger partial charge in [-0.15, -0.1) is 0 Å². The molecular formula is C15H24ClN. The lowest BCUT2D eigenvalue weighted by atomic mass is 9.86. The Morgan fingerprint density at radius 1 is 1.29 bits per heavy atom. The van der Waals surface area contributed by atoms with Gasteiger partial charge in [0.25, 0.3) is 0 Å². The summed E-state index contributed by atoms with van der Waals surface area (Å²) in [7, 11) is 0. The van der Waals surface area contributed by atoms with E-state index in [-0.39, 0.29) is 0 Å². The predicted molar refractivity (Wildman–Crippen MR) is 76.7 cm³/mol. The molecule has 0 spiro atoms. The first-order chi connectivity index (χ1) is 7.90. The van der Waals surface area contributed by atoms with Gasteiger partial charge in [0.2, 0.25) is 0 Å². The third kappa shape index (κ3) is 6.09. The highest BCUT2D eigenvalue weighted by Crippen LogP contribution is 2.23. The number of hydrogen-bond donors (Lipinski definition) is 1. The van der Waals surface area contributed by atoms with Crippen LogP contribution in [0.15, 0.2) is 24.3 Å². The Labute approximate surface area is 111 Å². The van der Waals surface area contributed by atoms with Crippen molar-refractivity contribution in [3.8, 4) is 0 Å². The molecule has 1 atom stereocenters. The smallest absolute Gasteiger partial charge is 0.0408 e. The zero-order valence-corrected chi connectivity index (χ0v) is 12.1. The van der Waals surface area contributed by atoms with Crippen molar-refractivity contribution in [2.45, 2.75) is 46.6 Å². The molecule has 1 aromatic carbocycles. The van der Waals surface area contributed by atoms with Crippen molar-refractivity contribution in [2.75, 3.05) is 6.54 Å². The first-order valence-electron chi connectivity index (χ1n) is 6.38. The van der Waals surface area contributed by atoms with E-state index in [0.717, 1.165) is 18.0 Å². The van der Waals surface area contributed by atoms with Crippen molar-refractivity contribution in [3.63, 3.8) is 0 Å². The van der Waals surface area contributed by atoms with E-state index in [1.807, 2.05) is 12.1 Å². The topological polar surface area (TPSA) is 12.0 Å². The van der Waals surface area contributed by atoms with E-state index in [1.165, 1.54) is 12.0 Å². The summed E-state index contributed by atoms with van der Waals surface area (Å²) >= 11 is 6.02. The van der Waals surface area contributed by atoms with E-state index in [4.69, 9.17) is 11.6 Å². The van der Waals surface area contributed by atoms with Crippen LogP contribution in [-0.4, -0.2) is 12.6 Å². The van der Waals surface area contributed by atoms with Gasteiger partial charge in [0.05, 0.1) is 0 Å². The molecule has 0 saturated carbocycles. The van der Waals surface area contributed by atoms with Crippen LogP contribution >= 0.6 is 11.6 Å². The lowest BCUT2D eigenvalue weighted by molar-refractivity contribution is 0.309. The molecule has 0 aromatic heterocycles. The second-order valence-electron chi connectivity index (χ2n) is 5.85. The first kappa shape index (κ1) is 14.5. The third-order valence-electron chi connectivity index (χ3n) is 2.72. The van der Waals surface area contributed by atoms with Crippen LogP contribution in [0, 0.1) is 5.41 Å². The number of nitrogens with one attached hydrogen (secondary N) is 1. The zero-order chi connectivity index (χ0) is 12.9. The van der Waals surface area contributed by atoms with E-state index in [9.17, 15) is 0 Å². The quantitative estimate of drug-likeness (QED) is 0.825. The molecule has 0 fully saturated rings. The van der Waals surface area contributed by atoms with Gasteiger partial charge in [-0.3, -0.25) is 0 Å². The van der Waals surface area contributed by atoms with Gasteiger partial charge in [0.15, 0.2) is 0 Å². The summed E-state index contributed by atoms with van der Waals surface area (Å²) in [4.78, 5) is 0. The van der Waals surface area contributed by atoms with Gasteiger partial charge in [-0.05, 0) is 42.5 Å². The summed E-state index contributed by atoms with van der Waals surface area (Å²) in [6.07, 6.45) is 2.22. The lowest BCUT2D eigenvalue weighted by Gasteiger charge is -2.26. The van der Waals surface area contributed by atoms with Crippen LogP contribution in [0.25, 0.3) is 0 Å². The fourth-order valence-corrected chi connectivity index (χ4v) is 2.41. The maximum atomic E-state index is 6.02. The lowest BCUT2D eigenvalue weighted by Crippen LogP contribution is -2.34. The van der Waals surface area contributed by atoms with E-state index in [0.29, 0.717) is 11.5 Å². The minimum Gasteiger partial charge on any atom is -0.314 e. The van der Waals surface area contributed by atoms with E-state index >= 15 is 0 Å². The molecule has 1 N–H and O–H groups in total. The number of rotatable bonds is 5. The van der Waals surface area contributed by atoms with Gasteiger partial charge in [-0.25, -0.2) is 0 Å². The second kappa shape index (κ2) is 6.42. The average molecular weight is 254 g/mol. The molecule has 0 bridgehead atoms. The summed E-state index contributed by atoms with van der Waals surface area (Å²) in [5.74, 6) is 0. The van der Waals surface area contributed by atoms with Crippen molar-refractivity contribution in [2.24, 2.45) is 5.41 Å². The standard InChI is InChI=1S/C15H24ClN/c1-5-17-14(11-15(2,3)4)10-12-7-6-8-13(16)9-12/h6-9,14,17H,5,10-11H2,1-4H3. The molecule has 1 unspecified atom stereocenters. The van der Waals surface area contributed by atoms with Crippen molar-refractivity contribution in [1.29, 1.82) is 0 Å². The minimum atomic E-state index is 0.353. The maximum Gasteiger partial charge on any atom is 0.0408 e. The SMILES string of the molecule is CCNC(Cc1cccc(Cl)c1)CC(C)(C)C. The molecule has 96 valence electrons. The number of benzene rings is 1. The molecule has 1 aromatic rings. The molecular weight excluding hydrogens is 230 g/mol. The van der Waals surface area contributed by atoms with Crippen molar-refractivity contribution in [1.82, 2.24) is 5.32 Å². The van der Waals surface area contributed by atoms with Crippen molar-refractivity contribution < 1.29 is 0 Å². The third-order valence-corrected chi connectivity index (χ3v) is 2.96. The normalized spacial score (nSPS) is 13.7. The Kier molecular flexibility index (Phi) is 5.48. The summed E-state index contributed by atoms with van der Waals surface area (Å²) in [6, 6.07) is 8.70. The van der Waals surface area contributed by atoms with Gasteiger partial charge in [-0.2, -0.15) is 0 Å². The van der Waals surface area contributed by atoms with E-state index < -0.39 is 0 Å². The summed E-state index contributed by atoms with van der Waals surface area (Å²) in [6.45, 7) is 10.0. The second-order valence-corrected chi connectivity index (χ2v) is 6.29. The van der Waals surface area contributed by atoms with Crippen molar-refractivity contribution in [3.05, 3.63) is 34.9 Å². The van der Waals surface area contributed by atoms with Gasteiger partial charge < -0.3 is 5.32 Å². The van der Waals surface area contributed by atoms with Gasteiger partial charge >= 0.3 is 0 Å². The molecule has 2 heteroatoms. The Bertz CT molecular complexity index is 341. The minimum absolute atomic E-state index is 0.353. The van der Waals surface area contributed by atoms with Crippen LogP contribution in [0.5, 0.6) is 0 Å². The van der Waals surface area contributed by atoms with Gasteiger partial charge in [0.1, 0.15) is 0 Å². The zero-order valence-electron chi connectivity index (χ0n) is 11.4. The molecule has 1 nitrogen and oxygen atoms in total. The van der Waals surface area contributed by atoms with Crippen LogP contribution in [0.4, 0.5) is 0 Å². The molecule has 0 amide bonds. The van der Waals surface area contributed by atoms with Crippen LogP contribution in [0.1, 0.15) is 39.7 Å². The molecule has 0 aliphatic rings. The van der Waals surface area contributed by atoms with E-state index in [1.54, 1.807) is 0 Å². The molecule has 1 rings (SSSR count). The highest BCUT2D eigenvalue weighted by Gasteiger charge is 2.18. The molecule has 0 aliphatic carbocycles. The van der Waals surface area contributed by atoms with Crippen molar-refractivity contribution >= 4 is 11.6 Å². The summed E-state index contributed by atoms with van der Waals surface area (Å²) in [5.41, 5.74) is 1.67. The van der Waals surface area contributed by atoms with Crippen LogP contribution < -0.4 is 5.32 Å². The number of likely N-dealkylation sites (N-methyl/N-ethyl adjacent to an activating group) is 1.